The Morgan fingerprint density at radius 2 is 1.14 bits per heavy atom. The van der Waals surface area contributed by atoms with Gasteiger partial charge in [-0.2, -0.15) is 0 Å². The summed E-state index contributed by atoms with van der Waals surface area (Å²) in [6.45, 7) is 13.1. The van der Waals surface area contributed by atoms with Crippen LogP contribution in [0.4, 0.5) is 0 Å². The van der Waals surface area contributed by atoms with Crippen LogP contribution in [0, 0.1) is 12.5 Å². The molecule has 0 aromatic carbocycles. The van der Waals surface area contributed by atoms with Crippen molar-refractivity contribution < 1.29 is 36.8 Å². The predicted octanol–water partition coefficient (Wildman–Crippen LogP) is 3.60. The Balaban J connectivity index is -0.0000000959. The maximum Gasteiger partial charge on any atom is 0.574 e. The monoisotopic (exact) mass is 562 g/mol. The SMILES string of the molecule is C.C.C.C#CO[Si](CCCN)(OCC)OCC.CC(O)C(C)O.CO[Si](CCCN)(OC)OC(C)C. The molecule has 0 amide bonds. The highest BCUT2D eigenvalue weighted by molar-refractivity contribution is 6.61. The molecule has 0 spiro atoms. The molecule has 0 bridgehead atoms. The third-order valence-corrected chi connectivity index (χ3v) is 9.94. The van der Waals surface area contributed by atoms with Gasteiger partial charge in [-0.25, -0.2) is 0 Å². The topological polar surface area (TPSA) is 148 Å². The first kappa shape index (κ1) is 48.5. The Morgan fingerprint density at radius 3 is 1.36 bits per heavy atom. The van der Waals surface area contributed by atoms with Gasteiger partial charge in [0.25, 0.3) is 0 Å². The summed E-state index contributed by atoms with van der Waals surface area (Å²) >= 11 is 0. The second-order valence-corrected chi connectivity index (χ2v) is 12.9. The molecule has 0 aromatic heterocycles. The van der Waals surface area contributed by atoms with E-state index in [0.717, 1.165) is 18.9 Å². The zero-order valence-electron chi connectivity index (χ0n) is 22.0. The standard InChI is InChI=1S/C9H19NO3Si.C8H21NO3Si.C4H10O2.3CH4/c1-4-11-14(12-5-2,13-6-3)9-7-8-10;1-8(2)12-13(10-3,11-4)7-5-6-9;1-3(5)4(2)6;;;/h1H,5-10H2,2-3H3;8H,5-7,9H2,1-4H3;3-6H,1-2H3;3*1H4. The van der Waals surface area contributed by atoms with E-state index in [0.29, 0.717) is 32.3 Å². The number of rotatable bonds is 16. The molecular formula is C24H62N2O8Si2. The summed E-state index contributed by atoms with van der Waals surface area (Å²) in [7, 11) is -1.77. The molecule has 0 aliphatic heterocycles. The van der Waals surface area contributed by atoms with Crippen molar-refractivity contribution in [3.05, 3.63) is 0 Å². The Bertz CT molecular complexity index is 452. The van der Waals surface area contributed by atoms with Crippen molar-refractivity contribution >= 4 is 17.6 Å². The molecule has 0 heterocycles. The highest BCUT2D eigenvalue weighted by Gasteiger charge is 2.42. The first-order valence-electron chi connectivity index (χ1n) is 11.4. The zero-order chi connectivity index (χ0) is 26.3. The predicted molar refractivity (Wildman–Crippen MR) is 155 cm³/mol. The second kappa shape index (κ2) is 30.7. The Hall–Kier alpha value is -0.566. The van der Waals surface area contributed by atoms with Crippen LogP contribution in [0.5, 0.6) is 0 Å². The van der Waals surface area contributed by atoms with Gasteiger partial charge < -0.3 is 48.2 Å². The van der Waals surface area contributed by atoms with Gasteiger partial charge in [0, 0.05) is 45.6 Å². The summed E-state index contributed by atoms with van der Waals surface area (Å²) < 4.78 is 32.6. The van der Waals surface area contributed by atoms with E-state index in [2.05, 4.69) is 6.11 Å². The number of aliphatic hydroxyl groups is 2. The summed E-state index contributed by atoms with van der Waals surface area (Å²) in [6, 6.07) is 1.46. The first-order valence-corrected chi connectivity index (χ1v) is 15.3. The van der Waals surface area contributed by atoms with E-state index >= 15 is 0 Å². The lowest BCUT2D eigenvalue weighted by Gasteiger charge is -2.28. The van der Waals surface area contributed by atoms with Crippen molar-refractivity contribution in [1.29, 1.82) is 0 Å². The van der Waals surface area contributed by atoms with Crippen LogP contribution in [0.2, 0.25) is 12.1 Å². The number of terminal acetylenes is 1. The molecule has 0 saturated carbocycles. The Morgan fingerprint density at radius 1 is 0.778 bits per heavy atom. The second-order valence-electron chi connectivity index (χ2n) is 7.29. The molecule has 12 heteroatoms. The molecule has 0 aromatic rings. The summed E-state index contributed by atoms with van der Waals surface area (Å²) in [6.07, 6.45) is 7.90. The number of hydrogen-bond acceptors (Lipinski definition) is 10. The van der Waals surface area contributed by atoms with E-state index in [-0.39, 0.29) is 28.4 Å². The van der Waals surface area contributed by atoms with Gasteiger partial charge in [-0.1, -0.05) is 28.7 Å². The van der Waals surface area contributed by atoms with Crippen molar-refractivity contribution in [2.75, 3.05) is 40.5 Å². The van der Waals surface area contributed by atoms with Gasteiger partial charge in [0.1, 0.15) is 0 Å². The first-order chi connectivity index (χ1) is 15.5. The molecule has 0 radical (unpaired) electrons. The van der Waals surface area contributed by atoms with Gasteiger partial charge in [-0.05, 0) is 67.5 Å². The Labute approximate surface area is 226 Å². The normalized spacial score (nSPS) is 12.1. The summed E-state index contributed by atoms with van der Waals surface area (Å²) in [5, 5.41) is 16.8. The molecule has 10 nitrogen and oxygen atoms in total. The van der Waals surface area contributed by atoms with Crippen LogP contribution in [0.3, 0.4) is 0 Å². The van der Waals surface area contributed by atoms with Crippen molar-refractivity contribution in [2.45, 2.75) is 107 Å². The van der Waals surface area contributed by atoms with Crippen LogP contribution < -0.4 is 11.5 Å². The average Bonchev–Trinajstić information content (AvgIpc) is 2.76. The summed E-state index contributed by atoms with van der Waals surface area (Å²) in [5.41, 5.74) is 10.9. The van der Waals surface area contributed by atoms with Gasteiger partial charge in [0.05, 0.1) is 18.3 Å². The zero-order valence-corrected chi connectivity index (χ0v) is 24.0. The molecule has 0 rings (SSSR count). The maximum absolute atomic E-state index is 8.38. The van der Waals surface area contributed by atoms with Crippen molar-refractivity contribution in [3.63, 3.8) is 0 Å². The highest BCUT2D eigenvalue weighted by Crippen LogP contribution is 2.18. The average molecular weight is 563 g/mol. The van der Waals surface area contributed by atoms with Gasteiger partial charge in [-0.15, -0.1) is 0 Å². The minimum atomic E-state index is -2.63. The van der Waals surface area contributed by atoms with Crippen molar-refractivity contribution in [3.8, 4) is 12.5 Å². The summed E-state index contributed by atoms with van der Waals surface area (Å²) in [5.74, 6) is 0. The van der Waals surface area contributed by atoms with Crippen LogP contribution >= 0.6 is 0 Å². The smallest absolute Gasteiger partial charge is 0.451 e. The van der Waals surface area contributed by atoms with E-state index in [9.17, 15) is 0 Å². The largest absolute Gasteiger partial charge is 0.574 e. The molecule has 6 N–H and O–H groups in total. The number of aliphatic hydroxyl groups excluding tert-OH is 2. The highest BCUT2D eigenvalue weighted by atomic mass is 28.4. The number of nitrogens with two attached hydrogens (primary N) is 2. The molecule has 2 unspecified atom stereocenters. The van der Waals surface area contributed by atoms with Crippen LogP contribution in [0.15, 0.2) is 0 Å². The summed E-state index contributed by atoms with van der Waals surface area (Å²) in [4.78, 5) is 0. The quantitative estimate of drug-likeness (QED) is 0.162. The fraction of sp³-hybridized carbons (Fsp3) is 0.917. The van der Waals surface area contributed by atoms with E-state index in [4.69, 9.17) is 54.7 Å². The molecule has 36 heavy (non-hydrogen) atoms. The fourth-order valence-corrected chi connectivity index (χ4v) is 6.79. The molecule has 0 aliphatic carbocycles. The third-order valence-electron chi connectivity index (χ3n) is 4.05. The molecule has 0 fully saturated rings. The lowest BCUT2D eigenvalue weighted by molar-refractivity contribution is 0.0438. The van der Waals surface area contributed by atoms with E-state index < -0.39 is 29.8 Å². The lowest BCUT2D eigenvalue weighted by Crippen LogP contribution is -2.45. The van der Waals surface area contributed by atoms with Gasteiger partial charge >= 0.3 is 17.6 Å². The maximum atomic E-state index is 8.38. The molecule has 2 atom stereocenters. The fourth-order valence-electron chi connectivity index (χ4n) is 2.26. The van der Waals surface area contributed by atoms with E-state index in [1.807, 2.05) is 27.7 Å². The van der Waals surface area contributed by atoms with E-state index in [1.54, 1.807) is 28.1 Å². The van der Waals surface area contributed by atoms with Gasteiger partial charge in [0.15, 0.2) is 0 Å². The Kier molecular flexibility index (Phi) is 41.3. The van der Waals surface area contributed by atoms with Crippen LogP contribution in [0.1, 0.15) is 76.7 Å². The molecular weight excluding hydrogens is 500 g/mol. The van der Waals surface area contributed by atoms with Crippen LogP contribution in [-0.4, -0.2) is 86.7 Å². The number of hydrogen-bond donors (Lipinski definition) is 4. The minimum absolute atomic E-state index is 0. The van der Waals surface area contributed by atoms with E-state index in [1.165, 1.54) is 0 Å². The molecule has 0 aliphatic rings. The third kappa shape index (κ3) is 26.5. The van der Waals surface area contributed by atoms with Crippen LogP contribution in [0.25, 0.3) is 0 Å². The van der Waals surface area contributed by atoms with Gasteiger partial charge in [-0.3, -0.25) is 0 Å². The lowest BCUT2D eigenvalue weighted by atomic mass is 10.3. The minimum Gasteiger partial charge on any atom is -0.451 e. The molecule has 224 valence electrons. The van der Waals surface area contributed by atoms with Gasteiger partial charge in [0.2, 0.25) is 0 Å². The van der Waals surface area contributed by atoms with Crippen molar-refractivity contribution in [2.24, 2.45) is 11.5 Å². The van der Waals surface area contributed by atoms with Crippen LogP contribution in [-0.2, 0) is 26.6 Å². The van der Waals surface area contributed by atoms with Crippen molar-refractivity contribution in [1.82, 2.24) is 0 Å². The molecule has 0 saturated heterocycles.